The van der Waals surface area contributed by atoms with Gasteiger partial charge < -0.3 is 0 Å². The Morgan fingerprint density at radius 3 is 1.50 bits per heavy atom. The second kappa shape index (κ2) is 6.28. The molecule has 0 rings (SSSR count). The molecule has 0 spiro atoms. The molecule has 0 aromatic rings. The zero-order valence-electron chi connectivity index (χ0n) is 12.9. The number of rotatable bonds is 3. The quantitative estimate of drug-likeness (QED) is 0.629. The Balaban J connectivity index is 0. The van der Waals surface area contributed by atoms with Gasteiger partial charge in [0.2, 0.25) is 0 Å². The van der Waals surface area contributed by atoms with Gasteiger partial charge in [-0.25, -0.2) is 0 Å². The minimum Gasteiger partial charge on any atom is -0.198 e. The van der Waals surface area contributed by atoms with Gasteiger partial charge in [0.05, 0.1) is 6.07 Å². The van der Waals surface area contributed by atoms with Crippen molar-refractivity contribution in [1.82, 2.24) is 0 Å². The largest absolute Gasteiger partial charge is 0.198 e. The minimum absolute atomic E-state index is 0.130. The van der Waals surface area contributed by atoms with Crippen LogP contribution in [-0.2, 0) is 0 Å². The first-order chi connectivity index (χ1) is 7.02. The maximum Gasteiger partial charge on any atom is 0.0627 e. The fourth-order valence-corrected chi connectivity index (χ4v) is 1.74. The fraction of sp³-hybridized carbons (Fsp3) is 0.933. The second-order valence-corrected chi connectivity index (χ2v) is 6.81. The van der Waals surface area contributed by atoms with Gasteiger partial charge in [0.15, 0.2) is 0 Å². The van der Waals surface area contributed by atoms with Crippen molar-refractivity contribution in [1.29, 1.82) is 5.26 Å². The maximum absolute atomic E-state index is 8.75. The molecule has 0 amide bonds. The highest BCUT2D eigenvalue weighted by Gasteiger charge is 2.37. The van der Waals surface area contributed by atoms with Gasteiger partial charge in [0.25, 0.3) is 0 Å². The molecule has 0 aromatic carbocycles. The first-order valence-corrected chi connectivity index (χ1v) is 6.39. The SMILES string of the molecule is CC.CC(C)(CC#N)CC(C)(C)C(C)(C)C. The summed E-state index contributed by atoms with van der Waals surface area (Å²) in [6.45, 7) is 19.8. The Labute approximate surface area is 103 Å². The molecule has 1 nitrogen and oxygen atoms in total. The molecule has 0 unspecified atom stereocenters. The molecular weight excluding hydrogens is 194 g/mol. The number of nitrogens with zero attached hydrogens (tertiary/aromatic N) is 1. The molecule has 0 heterocycles. The molecule has 96 valence electrons. The zero-order chi connectivity index (χ0) is 13.6. The van der Waals surface area contributed by atoms with Crippen LogP contribution in [0.2, 0.25) is 0 Å². The van der Waals surface area contributed by atoms with E-state index in [0.29, 0.717) is 11.8 Å². The predicted molar refractivity (Wildman–Crippen MR) is 73.2 cm³/mol. The molecule has 16 heavy (non-hydrogen) atoms. The fourth-order valence-electron chi connectivity index (χ4n) is 1.74. The van der Waals surface area contributed by atoms with Crippen LogP contribution in [0, 0.1) is 27.6 Å². The van der Waals surface area contributed by atoms with Crippen molar-refractivity contribution in [3.05, 3.63) is 0 Å². The number of hydrogen-bond acceptors (Lipinski definition) is 1. The lowest BCUT2D eigenvalue weighted by Gasteiger charge is -2.43. The lowest BCUT2D eigenvalue weighted by molar-refractivity contribution is 0.0690. The van der Waals surface area contributed by atoms with Crippen molar-refractivity contribution in [2.45, 2.75) is 75.2 Å². The molecule has 0 bridgehead atoms. The molecule has 0 saturated heterocycles. The summed E-state index contributed by atoms with van der Waals surface area (Å²) in [5.41, 5.74) is 0.693. The number of nitriles is 1. The molecular formula is C15H31N. The topological polar surface area (TPSA) is 23.8 Å². The Kier molecular flexibility index (Phi) is 7.02. The van der Waals surface area contributed by atoms with Gasteiger partial charge in [-0.2, -0.15) is 5.26 Å². The van der Waals surface area contributed by atoms with E-state index >= 15 is 0 Å². The Bertz CT molecular complexity index is 223. The van der Waals surface area contributed by atoms with Gasteiger partial charge in [-0.3, -0.25) is 0 Å². The Hall–Kier alpha value is -0.510. The smallest absolute Gasteiger partial charge is 0.0627 e. The zero-order valence-corrected chi connectivity index (χ0v) is 12.9. The molecule has 0 aliphatic rings. The van der Waals surface area contributed by atoms with Gasteiger partial charge in [-0.1, -0.05) is 62.3 Å². The van der Waals surface area contributed by atoms with E-state index in [4.69, 9.17) is 5.26 Å². The van der Waals surface area contributed by atoms with E-state index in [-0.39, 0.29) is 10.8 Å². The van der Waals surface area contributed by atoms with E-state index in [1.165, 1.54) is 0 Å². The summed E-state index contributed by atoms with van der Waals surface area (Å²) in [6, 6.07) is 2.28. The molecule has 1 heteroatoms. The Morgan fingerprint density at radius 1 is 0.875 bits per heavy atom. The monoisotopic (exact) mass is 225 g/mol. The van der Waals surface area contributed by atoms with Crippen molar-refractivity contribution < 1.29 is 0 Å². The molecule has 0 radical (unpaired) electrons. The van der Waals surface area contributed by atoms with Crippen molar-refractivity contribution in [3.8, 4) is 6.07 Å². The second-order valence-electron chi connectivity index (χ2n) is 6.81. The first-order valence-electron chi connectivity index (χ1n) is 6.39. The van der Waals surface area contributed by atoms with E-state index in [9.17, 15) is 0 Å². The van der Waals surface area contributed by atoms with E-state index in [2.05, 4.69) is 54.5 Å². The van der Waals surface area contributed by atoms with Crippen LogP contribution in [0.1, 0.15) is 75.2 Å². The van der Waals surface area contributed by atoms with Crippen molar-refractivity contribution in [3.63, 3.8) is 0 Å². The van der Waals surface area contributed by atoms with Crippen LogP contribution in [0.4, 0.5) is 0 Å². The molecule has 0 N–H and O–H groups in total. The molecule has 0 fully saturated rings. The summed E-state index contributed by atoms with van der Waals surface area (Å²) in [4.78, 5) is 0. The molecule has 0 aromatic heterocycles. The van der Waals surface area contributed by atoms with E-state index in [1.807, 2.05) is 13.8 Å². The molecule has 0 atom stereocenters. The summed E-state index contributed by atoms with van der Waals surface area (Å²) in [6.07, 6.45) is 1.74. The third kappa shape index (κ3) is 6.16. The summed E-state index contributed by atoms with van der Waals surface area (Å²) in [5.74, 6) is 0. The molecule has 0 saturated carbocycles. The average molecular weight is 225 g/mol. The van der Waals surface area contributed by atoms with Crippen LogP contribution < -0.4 is 0 Å². The summed E-state index contributed by atoms with van der Waals surface area (Å²) >= 11 is 0. The third-order valence-corrected chi connectivity index (χ3v) is 3.51. The molecule has 0 aliphatic heterocycles. The van der Waals surface area contributed by atoms with Gasteiger partial charge in [0.1, 0.15) is 0 Å². The summed E-state index contributed by atoms with van der Waals surface area (Å²) < 4.78 is 0. The van der Waals surface area contributed by atoms with Gasteiger partial charge in [0, 0.05) is 6.42 Å². The minimum atomic E-state index is 0.130. The third-order valence-electron chi connectivity index (χ3n) is 3.51. The number of hydrogen-bond donors (Lipinski definition) is 0. The highest BCUT2D eigenvalue weighted by molar-refractivity contribution is 4.91. The van der Waals surface area contributed by atoms with E-state index < -0.39 is 0 Å². The van der Waals surface area contributed by atoms with Crippen molar-refractivity contribution in [2.75, 3.05) is 0 Å². The standard InChI is InChI=1S/C13H25N.C2H6/c1-11(2,3)13(6,7)10-12(4,5)8-9-14;1-2/h8,10H2,1-7H3;1-2H3. The van der Waals surface area contributed by atoms with Crippen LogP contribution in [0.15, 0.2) is 0 Å². The van der Waals surface area contributed by atoms with Crippen LogP contribution in [0.3, 0.4) is 0 Å². The Morgan fingerprint density at radius 2 is 1.25 bits per heavy atom. The average Bonchev–Trinajstić information content (AvgIpc) is 2.03. The first kappa shape index (κ1) is 17.9. The van der Waals surface area contributed by atoms with E-state index in [0.717, 1.165) is 6.42 Å². The van der Waals surface area contributed by atoms with Gasteiger partial charge in [-0.05, 0) is 22.7 Å². The summed E-state index contributed by atoms with van der Waals surface area (Å²) in [7, 11) is 0. The predicted octanol–water partition coefficient (Wildman–Crippen LogP) is 5.41. The van der Waals surface area contributed by atoms with Crippen LogP contribution in [0.25, 0.3) is 0 Å². The van der Waals surface area contributed by atoms with Crippen molar-refractivity contribution in [2.24, 2.45) is 16.2 Å². The summed E-state index contributed by atoms with van der Waals surface area (Å²) in [5, 5.41) is 8.75. The van der Waals surface area contributed by atoms with Crippen LogP contribution in [-0.4, -0.2) is 0 Å². The van der Waals surface area contributed by atoms with Gasteiger partial charge in [-0.15, -0.1) is 0 Å². The van der Waals surface area contributed by atoms with Gasteiger partial charge >= 0.3 is 0 Å². The highest BCUT2D eigenvalue weighted by atomic mass is 14.4. The van der Waals surface area contributed by atoms with E-state index in [1.54, 1.807) is 0 Å². The van der Waals surface area contributed by atoms with Crippen LogP contribution >= 0.6 is 0 Å². The molecule has 0 aliphatic carbocycles. The van der Waals surface area contributed by atoms with Crippen LogP contribution in [0.5, 0.6) is 0 Å². The van der Waals surface area contributed by atoms with Crippen molar-refractivity contribution >= 4 is 0 Å². The lowest BCUT2D eigenvalue weighted by atomic mass is 9.62. The normalized spacial score (nSPS) is 12.5. The lowest BCUT2D eigenvalue weighted by Crippen LogP contribution is -2.34. The maximum atomic E-state index is 8.75. The highest BCUT2D eigenvalue weighted by Crippen LogP contribution is 2.46.